The third kappa shape index (κ3) is 4.04. The van der Waals surface area contributed by atoms with Crippen molar-refractivity contribution in [2.45, 2.75) is 12.8 Å². The van der Waals surface area contributed by atoms with Gasteiger partial charge in [0.2, 0.25) is 10.0 Å². The lowest BCUT2D eigenvalue weighted by molar-refractivity contribution is 0.184. The Morgan fingerprint density at radius 1 is 1.58 bits per heavy atom. The van der Waals surface area contributed by atoms with Gasteiger partial charge in [-0.2, -0.15) is 0 Å². The lowest BCUT2D eigenvalue weighted by atomic mass is 10.1. The predicted molar refractivity (Wildman–Crippen MR) is 46.4 cm³/mol. The lowest BCUT2D eigenvalue weighted by Gasteiger charge is -2.06. The van der Waals surface area contributed by atoms with Crippen LogP contribution in [0, 0.1) is 5.92 Å². The van der Waals surface area contributed by atoms with E-state index in [9.17, 15) is 8.42 Å². The van der Waals surface area contributed by atoms with Crippen molar-refractivity contribution in [1.29, 1.82) is 0 Å². The van der Waals surface area contributed by atoms with Gasteiger partial charge in [-0.05, 0) is 18.8 Å². The molecule has 1 saturated heterocycles. The van der Waals surface area contributed by atoms with Gasteiger partial charge < -0.3 is 4.74 Å². The Balaban J connectivity index is 2.09. The van der Waals surface area contributed by atoms with Crippen molar-refractivity contribution in [2.24, 2.45) is 5.92 Å². The van der Waals surface area contributed by atoms with E-state index in [0.717, 1.165) is 26.1 Å². The molecule has 0 radical (unpaired) electrons. The second-order valence-corrected chi connectivity index (χ2v) is 5.02. The number of nitrogens with one attached hydrogen (secondary N) is 1. The molecule has 0 aliphatic carbocycles. The van der Waals surface area contributed by atoms with E-state index in [-0.39, 0.29) is 0 Å². The highest BCUT2D eigenvalue weighted by molar-refractivity contribution is 7.88. The molecule has 0 spiro atoms. The van der Waals surface area contributed by atoms with Crippen LogP contribution in [0.1, 0.15) is 12.8 Å². The molecule has 5 heteroatoms. The molecule has 1 atom stereocenters. The Bertz CT molecular complexity index is 219. The van der Waals surface area contributed by atoms with Gasteiger partial charge in [-0.25, -0.2) is 13.1 Å². The molecule has 4 nitrogen and oxygen atoms in total. The van der Waals surface area contributed by atoms with E-state index < -0.39 is 10.0 Å². The third-order valence-corrected chi connectivity index (χ3v) is 2.67. The van der Waals surface area contributed by atoms with Gasteiger partial charge >= 0.3 is 0 Å². The van der Waals surface area contributed by atoms with E-state index in [2.05, 4.69) is 4.72 Å². The number of ether oxygens (including phenoxy) is 1. The maximum atomic E-state index is 10.7. The Labute approximate surface area is 73.3 Å². The molecule has 1 aliphatic heterocycles. The van der Waals surface area contributed by atoms with Crippen molar-refractivity contribution >= 4 is 10.0 Å². The molecule has 0 bridgehead atoms. The monoisotopic (exact) mass is 193 g/mol. The van der Waals surface area contributed by atoms with Crippen LogP contribution in [-0.4, -0.2) is 34.4 Å². The minimum atomic E-state index is -3.01. The van der Waals surface area contributed by atoms with Crippen molar-refractivity contribution in [2.75, 3.05) is 26.0 Å². The van der Waals surface area contributed by atoms with Crippen molar-refractivity contribution < 1.29 is 13.2 Å². The predicted octanol–water partition coefficient (Wildman–Crippen LogP) is -0.0378. The third-order valence-electron chi connectivity index (χ3n) is 1.94. The van der Waals surface area contributed by atoms with Gasteiger partial charge in [0, 0.05) is 19.8 Å². The first-order valence-corrected chi connectivity index (χ1v) is 5.99. The van der Waals surface area contributed by atoms with E-state index in [4.69, 9.17) is 4.74 Å². The highest BCUT2D eigenvalue weighted by Crippen LogP contribution is 2.15. The fraction of sp³-hybridized carbons (Fsp3) is 1.00. The summed E-state index contributed by atoms with van der Waals surface area (Å²) in [6.07, 6.45) is 3.12. The normalized spacial score (nSPS) is 24.6. The molecule has 0 amide bonds. The van der Waals surface area contributed by atoms with Gasteiger partial charge in [0.15, 0.2) is 0 Å². The van der Waals surface area contributed by atoms with E-state index >= 15 is 0 Å². The average molecular weight is 193 g/mol. The lowest BCUT2D eigenvalue weighted by Crippen LogP contribution is -2.24. The zero-order chi connectivity index (χ0) is 9.03. The number of sulfonamides is 1. The van der Waals surface area contributed by atoms with Crippen LogP contribution in [0.15, 0.2) is 0 Å². The van der Waals surface area contributed by atoms with Crippen LogP contribution in [0.3, 0.4) is 0 Å². The van der Waals surface area contributed by atoms with Gasteiger partial charge in [0.1, 0.15) is 0 Å². The number of rotatable bonds is 4. The van der Waals surface area contributed by atoms with E-state index in [1.807, 2.05) is 0 Å². The zero-order valence-electron chi connectivity index (χ0n) is 7.25. The topological polar surface area (TPSA) is 55.4 Å². The van der Waals surface area contributed by atoms with Crippen LogP contribution in [0.5, 0.6) is 0 Å². The summed E-state index contributed by atoms with van der Waals surface area (Å²) >= 11 is 0. The Hall–Kier alpha value is -0.130. The second kappa shape index (κ2) is 4.20. The van der Waals surface area contributed by atoms with Crippen LogP contribution in [0.2, 0.25) is 0 Å². The first kappa shape index (κ1) is 9.95. The fourth-order valence-corrected chi connectivity index (χ4v) is 1.75. The molecule has 1 heterocycles. The van der Waals surface area contributed by atoms with E-state index in [1.165, 1.54) is 6.26 Å². The summed E-state index contributed by atoms with van der Waals surface area (Å²) in [4.78, 5) is 0. The first-order chi connectivity index (χ1) is 5.58. The van der Waals surface area contributed by atoms with E-state index in [0.29, 0.717) is 12.5 Å². The molecule has 12 heavy (non-hydrogen) atoms. The van der Waals surface area contributed by atoms with Crippen LogP contribution < -0.4 is 4.72 Å². The van der Waals surface area contributed by atoms with Crippen LogP contribution in [-0.2, 0) is 14.8 Å². The van der Waals surface area contributed by atoms with Gasteiger partial charge in [-0.1, -0.05) is 0 Å². The Kier molecular flexibility index (Phi) is 3.49. The molecule has 0 aromatic carbocycles. The fourth-order valence-electron chi connectivity index (χ4n) is 1.26. The molecule has 0 aromatic heterocycles. The van der Waals surface area contributed by atoms with Gasteiger partial charge in [-0.3, -0.25) is 0 Å². The molecular formula is C7H15NO3S. The van der Waals surface area contributed by atoms with Crippen molar-refractivity contribution in [3.63, 3.8) is 0 Å². The van der Waals surface area contributed by atoms with Gasteiger partial charge in [0.25, 0.3) is 0 Å². The van der Waals surface area contributed by atoms with Crippen LogP contribution >= 0.6 is 0 Å². The summed E-state index contributed by atoms with van der Waals surface area (Å²) in [7, 11) is -3.01. The molecular weight excluding hydrogens is 178 g/mol. The standard InChI is InChI=1S/C7H15NO3S/c1-12(9,10)8-4-2-7-3-5-11-6-7/h7-8H,2-6H2,1H3. The SMILES string of the molecule is CS(=O)(=O)NCCC1CCOC1. The quantitative estimate of drug-likeness (QED) is 0.681. The van der Waals surface area contributed by atoms with Gasteiger partial charge in [0.05, 0.1) is 6.26 Å². The van der Waals surface area contributed by atoms with Gasteiger partial charge in [-0.15, -0.1) is 0 Å². The van der Waals surface area contributed by atoms with Crippen molar-refractivity contribution in [1.82, 2.24) is 4.72 Å². The first-order valence-electron chi connectivity index (χ1n) is 4.10. The number of hydrogen-bond donors (Lipinski definition) is 1. The van der Waals surface area contributed by atoms with Crippen molar-refractivity contribution in [3.8, 4) is 0 Å². The van der Waals surface area contributed by atoms with E-state index in [1.54, 1.807) is 0 Å². The Morgan fingerprint density at radius 3 is 2.83 bits per heavy atom. The molecule has 1 fully saturated rings. The molecule has 0 saturated carbocycles. The largest absolute Gasteiger partial charge is 0.381 e. The molecule has 1 unspecified atom stereocenters. The average Bonchev–Trinajstić information content (AvgIpc) is 2.36. The summed E-state index contributed by atoms with van der Waals surface area (Å²) in [5.41, 5.74) is 0. The highest BCUT2D eigenvalue weighted by Gasteiger charge is 2.15. The summed E-state index contributed by atoms with van der Waals surface area (Å²) in [6.45, 7) is 2.14. The number of hydrogen-bond acceptors (Lipinski definition) is 3. The summed E-state index contributed by atoms with van der Waals surface area (Å²) in [5, 5.41) is 0. The second-order valence-electron chi connectivity index (χ2n) is 3.18. The molecule has 0 aromatic rings. The maximum absolute atomic E-state index is 10.7. The van der Waals surface area contributed by atoms with Crippen LogP contribution in [0.25, 0.3) is 0 Å². The minimum Gasteiger partial charge on any atom is -0.381 e. The Morgan fingerprint density at radius 2 is 2.33 bits per heavy atom. The van der Waals surface area contributed by atoms with Crippen LogP contribution in [0.4, 0.5) is 0 Å². The summed E-state index contributed by atoms with van der Waals surface area (Å²) in [5.74, 6) is 0.541. The highest BCUT2D eigenvalue weighted by atomic mass is 32.2. The van der Waals surface area contributed by atoms with Crippen molar-refractivity contribution in [3.05, 3.63) is 0 Å². The molecule has 1 rings (SSSR count). The maximum Gasteiger partial charge on any atom is 0.208 e. The molecule has 1 N–H and O–H groups in total. The zero-order valence-corrected chi connectivity index (χ0v) is 8.06. The smallest absolute Gasteiger partial charge is 0.208 e. The summed E-state index contributed by atoms with van der Waals surface area (Å²) in [6, 6.07) is 0. The minimum absolute atomic E-state index is 0.535. The molecule has 1 aliphatic rings. The molecule has 72 valence electrons. The summed E-state index contributed by atoms with van der Waals surface area (Å²) < 4.78 is 29.0.